The summed E-state index contributed by atoms with van der Waals surface area (Å²) in [6.07, 6.45) is 1.74. The lowest BCUT2D eigenvalue weighted by Gasteiger charge is -1.98. The van der Waals surface area contributed by atoms with Crippen molar-refractivity contribution in [2.24, 2.45) is 5.73 Å². The monoisotopic (exact) mass is 223 g/mol. The molecule has 0 aliphatic carbocycles. The number of thiophene rings is 1. The molecule has 0 fully saturated rings. The van der Waals surface area contributed by atoms with Crippen LogP contribution in [0.4, 0.5) is 0 Å². The third kappa shape index (κ3) is 2.31. The first kappa shape index (κ1) is 9.64. The summed E-state index contributed by atoms with van der Waals surface area (Å²) in [7, 11) is 0. The topological polar surface area (TPSA) is 51.8 Å². The van der Waals surface area contributed by atoms with Crippen molar-refractivity contribution < 1.29 is 0 Å². The molecule has 2 N–H and O–H groups in total. The number of rotatable bonds is 3. The summed E-state index contributed by atoms with van der Waals surface area (Å²) >= 11 is 3.25. The molecule has 0 saturated carbocycles. The van der Waals surface area contributed by atoms with Crippen LogP contribution < -0.4 is 5.73 Å². The van der Waals surface area contributed by atoms with E-state index in [1.54, 1.807) is 29.3 Å². The Balaban J connectivity index is 2.17. The lowest BCUT2D eigenvalue weighted by Crippen LogP contribution is -2.00. The van der Waals surface area contributed by atoms with Crippen molar-refractivity contribution in [3.8, 4) is 0 Å². The second-order valence-corrected chi connectivity index (χ2v) is 4.78. The van der Waals surface area contributed by atoms with E-state index in [9.17, 15) is 0 Å². The van der Waals surface area contributed by atoms with Crippen molar-refractivity contribution >= 4 is 23.1 Å². The summed E-state index contributed by atoms with van der Waals surface area (Å²) in [5.41, 5.74) is 6.37. The van der Waals surface area contributed by atoms with E-state index in [1.165, 1.54) is 4.21 Å². The average molecular weight is 223 g/mol. The minimum atomic E-state index is 0.459. The predicted molar refractivity (Wildman–Crippen MR) is 58.4 cm³/mol. The Morgan fingerprint density at radius 1 is 1.43 bits per heavy atom. The number of nitrogens with two attached hydrogens (primary N) is 1. The van der Waals surface area contributed by atoms with E-state index in [0.29, 0.717) is 6.54 Å². The van der Waals surface area contributed by atoms with Crippen LogP contribution in [0, 0.1) is 0 Å². The zero-order chi connectivity index (χ0) is 9.80. The van der Waals surface area contributed by atoms with Gasteiger partial charge >= 0.3 is 0 Å². The van der Waals surface area contributed by atoms with Crippen molar-refractivity contribution in [2.75, 3.05) is 0 Å². The van der Waals surface area contributed by atoms with Gasteiger partial charge in [-0.3, -0.25) is 0 Å². The zero-order valence-electron chi connectivity index (χ0n) is 7.38. The van der Waals surface area contributed by atoms with E-state index in [-0.39, 0.29) is 0 Å². The number of aromatic nitrogens is 2. The molecule has 0 aliphatic rings. The van der Waals surface area contributed by atoms with E-state index in [4.69, 9.17) is 5.73 Å². The van der Waals surface area contributed by atoms with Gasteiger partial charge in [0.1, 0.15) is 0 Å². The second-order valence-electron chi connectivity index (χ2n) is 2.57. The minimum absolute atomic E-state index is 0.459. The second kappa shape index (κ2) is 4.54. The van der Waals surface area contributed by atoms with Crippen molar-refractivity contribution in [3.63, 3.8) is 0 Å². The van der Waals surface area contributed by atoms with Crippen molar-refractivity contribution in [1.82, 2.24) is 9.97 Å². The first-order chi connectivity index (χ1) is 6.88. The molecule has 2 rings (SSSR count). The minimum Gasteiger partial charge on any atom is -0.325 e. The molecule has 0 bridgehead atoms. The maximum atomic E-state index is 5.50. The van der Waals surface area contributed by atoms with Gasteiger partial charge < -0.3 is 5.73 Å². The highest BCUT2D eigenvalue weighted by atomic mass is 32.2. The first-order valence-corrected chi connectivity index (χ1v) is 5.81. The smallest absolute Gasteiger partial charge is 0.193 e. The molecule has 2 aromatic rings. The molecule has 0 amide bonds. The van der Waals surface area contributed by atoms with Gasteiger partial charge in [-0.15, -0.1) is 11.3 Å². The van der Waals surface area contributed by atoms with Crippen LogP contribution >= 0.6 is 23.1 Å². The molecule has 3 nitrogen and oxygen atoms in total. The molecule has 72 valence electrons. The van der Waals surface area contributed by atoms with Crippen LogP contribution in [0.2, 0.25) is 0 Å². The molecule has 0 aromatic carbocycles. The van der Waals surface area contributed by atoms with Crippen LogP contribution in [0.3, 0.4) is 0 Å². The lowest BCUT2D eigenvalue weighted by atomic mass is 10.4. The van der Waals surface area contributed by atoms with Gasteiger partial charge in [-0.25, -0.2) is 9.97 Å². The maximum Gasteiger partial charge on any atom is 0.193 e. The van der Waals surface area contributed by atoms with Crippen molar-refractivity contribution in [1.29, 1.82) is 0 Å². The van der Waals surface area contributed by atoms with Gasteiger partial charge in [0.05, 0.1) is 9.90 Å². The molecule has 0 atom stereocenters. The van der Waals surface area contributed by atoms with E-state index < -0.39 is 0 Å². The van der Waals surface area contributed by atoms with Crippen LogP contribution in [0.15, 0.2) is 39.1 Å². The van der Waals surface area contributed by atoms with Crippen molar-refractivity contribution in [3.05, 3.63) is 35.5 Å². The fourth-order valence-electron chi connectivity index (χ4n) is 0.950. The van der Waals surface area contributed by atoms with E-state index in [1.807, 2.05) is 23.6 Å². The van der Waals surface area contributed by atoms with Crippen LogP contribution in [0.25, 0.3) is 0 Å². The number of hydrogen-bond donors (Lipinski definition) is 1. The quantitative estimate of drug-likeness (QED) is 0.810. The molecule has 2 aromatic heterocycles. The van der Waals surface area contributed by atoms with Gasteiger partial charge in [-0.2, -0.15) is 0 Å². The van der Waals surface area contributed by atoms with Gasteiger partial charge in [0, 0.05) is 12.7 Å². The van der Waals surface area contributed by atoms with Gasteiger partial charge in [-0.05, 0) is 29.3 Å². The predicted octanol–water partition coefficient (Wildman–Crippen LogP) is 2.15. The first-order valence-electron chi connectivity index (χ1n) is 4.12. The number of hydrogen-bond acceptors (Lipinski definition) is 5. The molecule has 0 unspecified atom stereocenters. The summed E-state index contributed by atoms with van der Waals surface area (Å²) in [4.78, 5) is 8.46. The van der Waals surface area contributed by atoms with Gasteiger partial charge in [0.25, 0.3) is 0 Å². The Bertz CT molecular complexity index is 400. The van der Waals surface area contributed by atoms with Gasteiger partial charge in [-0.1, -0.05) is 6.07 Å². The summed E-state index contributed by atoms with van der Waals surface area (Å²) in [5, 5.41) is 2.80. The van der Waals surface area contributed by atoms with E-state index >= 15 is 0 Å². The fourth-order valence-corrected chi connectivity index (χ4v) is 2.58. The van der Waals surface area contributed by atoms with Crippen molar-refractivity contribution in [2.45, 2.75) is 15.9 Å². The molecule has 0 saturated heterocycles. The third-order valence-corrected chi connectivity index (χ3v) is 3.50. The van der Waals surface area contributed by atoms with Crippen LogP contribution in [0.5, 0.6) is 0 Å². The normalized spacial score (nSPS) is 10.4. The van der Waals surface area contributed by atoms with Crippen LogP contribution in [0.1, 0.15) is 5.69 Å². The number of nitrogens with zero attached hydrogens (tertiary/aromatic N) is 2. The lowest BCUT2D eigenvalue weighted by molar-refractivity contribution is 0.875. The zero-order valence-corrected chi connectivity index (χ0v) is 9.02. The van der Waals surface area contributed by atoms with Crippen LogP contribution in [-0.4, -0.2) is 9.97 Å². The molecule has 5 heteroatoms. The summed E-state index contributed by atoms with van der Waals surface area (Å²) in [6, 6.07) is 5.89. The molecule has 0 aliphatic heterocycles. The Morgan fingerprint density at radius 2 is 2.36 bits per heavy atom. The Labute approximate surface area is 90.4 Å². The maximum absolute atomic E-state index is 5.50. The molecule has 2 heterocycles. The fraction of sp³-hybridized carbons (Fsp3) is 0.111. The molecule has 0 radical (unpaired) electrons. The van der Waals surface area contributed by atoms with E-state index in [2.05, 4.69) is 9.97 Å². The van der Waals surface area contributed by atoms with Gasteiger partial charge in [0.15, 0.2) is 5.16 Å². The summed E-state index contributed by atoms with van der Waals surface area (Å²) < 4.78 is 1.19. The Kier molecular flexibility index (Phi) is 3.13. The molecular formula is C9H9N3S2. The largest absolute Gasteiger partial charge is 0.325 e. The van der Waals surface area contributed by atoms with Gasteiger partial charge in [0.2, 0.25) is 0 Å². The highest BCUT2D eigenvalue weighted by molar-refractivity contribution is 8.01. The average Bonchev–Trinajstić information content (AvgIpc) is 2.71. The Morgan fingerprint density at radius 3 is 3.07 bits per heavy atom. The standard InChI is InChI=1S/C9H9N3S2/c10-6-7-3-4-11-9(12-7)14-8-2-1-5-13-8/h1-5H,6,10H2. The molecular weight excluding hydrogens is 214 g/mol. The van der Waals surface area contributed by atoms with Crippen LogP contribution in [-0.2, 0) is 6.54 Å². The molecule has 0 spiro atoms. The molecule has 14 heavy (non-hydrogen) atoms. The summed E-state index contributed by atoms with van der Waals surface area (Å²) in [6.45, 7) is 0.459. The SMILES string of the molecule is NCc1ccnc(Sc2cccs2)n1. The summed E-state index contributed by atoms with van der Waals surface area (Å²) in [5.74, 6) is 0. The Hall–Kier alpha value is -0.910. The highest BCUT2D eigenvalue weighted by Crippen LogP contribution is 2.28. The highest BCUT2D eigenvalue weighted by Gasteiger charge is 2.01. The third-order valence-electron chi connectivity index (χ3n) is 1.59. The van der Waals surface area contributed by atoms with E-state index in [0.717, 1.165) is 10.9 Å².